The summed E-state index contributed by atoms with van der Waals surface area (Å²) in [6, 6.07) is 3.41. The molecule has 1 saturated carbocycles. The summed E-state index contributed by atoms with van der Waals surface area (Å²) >= 11 is 0. The predicted molar refractivity (Wildman–Crippen MR) is 85.6 cm³/mol. The highest BCUT2D eigenvalue weighted by Crippen LogP contribution is 2.22. The van der Waals surface area contributed by atoms with Crippen molar-refractivity contribution in [2.45, 2.75) is 25.5 Å². The van der Waals surface area contributed by atoms with Crippen LogP contribution in [0.3, 0.4) is 0 Å². The molecule has 1 aliphatic heterocycles. The van der Waals surface area contributed by atoms with Crippen LogP contribution in [0, 0.1) is 11.6 Å². The van der Waals surface area contributed by atoms with Crippen molar-refractivity contribution >= 4 is 6.03 Å². The molecule has 2 fully saturated rings. The number of benzene rings is 1. The lowest BCUT2D eigenvalue weighted by molar-refractivity contribution is 0.113. The molecule has 3 rings (SSSR count). The van der Waals surface area contributed by atoms with Gasteiger partial charge in [-0.1, -0.05) is 0 Å². The first-order chi connectivity index (χ1) is 11.6. The number of carbonyl (C=O) groups is 1. The number of nitrogens with one attached hydrogen (secondary N) is 1. The van der Waals surface area contributed by atoms with Gasteiger partial charge in [0.15, 0.2) is 0 Å². The van der Waals surface area contributed by atoms with Crippen LogP contribution in [-0.2, 0) is 11.3 Å². The largest absolute Gasteiger partial charge is 0.376 e. The van der Waals surface area contributed by atoms with Gasteiger partial charge >= 0.3 is 6.03 Å². The first kappa shape index (κ1) is 17.1. The predicted octanol–water partition coefficient (Wildman–Crippen LogP) is 1.97. The lowest BCUT2D eigenvalue weighted by atomic mass is 10.2. The van der Waals surface area contributed by atoms with E-state index < -0.39 is 11.6 Å². The number of piperazine rings is 1. The summed E-state index contributed by atoms with van der Waals surface area (Å²) in [6.07, 6.45) is 2.65. The zero-order valence-electron chi connectivity index (χ0n) is 13.6. The number of rotatable bonds is 6. The third kappa shape index (κ3) is 4.88. The fraction of sp³-hybridized carbons (Fsp3) is 0.588. The van der Waals surface area contributed by atoms with E-state index in [4.69, 9.17) is 4.74 Å². The molecule has 2 amide bonds. The van der Waals surface area contributed by atoms with Gasteiger partial charge in [0.2, 0.25) is 0 Å². The second-order valence-corrected chi connectivity index (χ2v) is 6.30. The van der Waals surface area contributed by atoms with Crippen LogP contribution < -0.4 is 5.32 Å². The molecule has 1 heterocycles. The second kappa shape index (κ2) is 7.90. The summed E-state index contributed by atoms with van der Waals surface area (Å²) in [5.74, 6) is -0.829. The molecule has 0 aromatic heterocycles. The molecule has 0 bridgehead atoms. The monoisotopic (exact) mass is 339 g/mol. The molecule has 1 aromatic carbocycles. The van der Waals surface area contributed by atoms with Crippen LogP contribution in [0.5, 0.6) is 0 Å². The highest BCUT2D eigenvalue weighted by molar-refractivity contribution is 5.74. The van der Waals surface area contributed by atoms with E-state index in [-0.39, 0.29) is 6.03 Å². The molecular weight excluding hydrogens is 316 g/mol. The van der Waals surface area contributed by atoms with Gasteiger partial charge in [0.1, 0.15) is 11.6 Å². The van der Waals surface area contributed by atoms with Crippen molar-refractivity contribution in [2.24, 2.45) is 0 Å². The Kier molecular flexibility index (Phi) is 5.63. The summed E-state index contributed by atoms with van der Waals surface area (Å²) in [5, 5.41) is 2.85. The van der Waals surface area contributed by atoms with Crippen molar-refractivity contribution < 1.29 is 18.3 Å². The van der Waals surface area contributed by atoms with Crippen molar-refractivity contribution in [1.29, 1.82) is 0 Å². The lowest BCUT2D eigenvalue weighted by Crippen LogP contribution is -2.51. The molecule has 132 valence electrons. The Balaban J connectivity index is 1.38. The van der Waals surface area contributed by atoms with Crippen molar-refractivity contribution in [2.75, 3.05) is 39.3 Å². The van der Waals surface area contributed by atoms with Gasteiger partial charge < -0.3 is 15.0 Å². The Morgan fingerprint density at radius 3 is 2.67 bits per heavy atom. The van der Waals surface area contributed by atoms with Crippen molar-refractivity contribution in [3.8, 4) is 0 Å². The smallest absolute Gasteiger partial charge is 0.317 e. The topological polar surface area (TPSA) is 44.8 Å². The average molecular weight is 339 g/mol. The zero-order valence-corrected chi connectivity index (χ0v) is 13.6. The molecular formula is C17H23F2N3O2. The SMILES string of the molecule is O=C(NCCOC1CC1)N1CCN(Cc2cc(F)ccc2F)CC1. The van der Waals surface area contributed by atoms with Crippen LogP contribution in [0.1, 0.15) is 18.4 Å². The van der Waals surface area contributed by atoms with E-state index in [1.165, 1.54) is 6.07 Å². The van der Waals surface area contributed by atoms with Crippen LogP contribution in [-0.4, -0.2) is 61.3 Å². The number of ether oxygens (including phenoxy) is 1. The molecule has 0 atom stereocenters. The summed E-state index contributed by atoms with van der Waals surface area (Å²) < 4.78 is 32.4. The molecule has 0 radical (unpaired) electrons. The minimum Gasteiger partial charge on any atom is -0.376 e. The van der Waals surface area contributed by atoms with Gasteiger partial charge in [0, 0.05) is 44.8 Å². The summed E-state index contributed by atoms with van der Waals surface area (Å²) in [6.45, 7) is 3.86. The van der Waals surface area contributed by atoms with Gasteiger partial charge in [-0.25, -0.2) is 13.6 Å². The van der Waals surface area contributed by atoms with Gasteiger partial charge in [-0.15, -0.1) is 0 Å². The molecule has 1 N–H and O–H groups in total. The summed E-state index contributed by atoms with van der Waals surface area (Å²) in [5.41, 5.74) is 0.352. The molecule has 7 heteroatoms. The third-order valence-electron chi connectivity index (χ3n) is 4.32. The maximum Gasteiger partial charge on any atom is 0.317 e. The van der Waals surface area contributed by atoms with Crippen LogP contribution in [0.2, 0.25) is 0 Å². The first-order valence-corrected chi connectivity index (χ1v) is 8.42. The highest BCUT2D eigenvalue weighted by atomic mass is 19.1. The fourth-order valence-electron chi connectivity index (χ4n) is 2.74. The standard InChI is InChI=1S/C17H23F2N3O2/c18-14-1-4-16(19)13(11-14)12-21-6-8-22(9-7-21)17(23)20-5-10-24-15-2-3-15/h1,4,11,15H,2-3,5-10,12H2,(H,20,23). The molecule has 1 aromatic rings. The highest BCUT2D eigenvalue weighted by Gasteiger charge is 2.23. The van der Waals surface area contributed by atoms with Gasteiger partial charge in [-0.2, -0.15) is 0 Å². The minimum absolute atomic E-state index is 0.0917. The van der Waals surface area contributed by atoms with Crippen LogP contribution in [0.15, 0.2) is 18.2 Å². The number of carbonyl (C=O) groups excluding carboxylic acids is 1. The van der Waals surface area contributed by atoms with Gasteiger partial charge in [0.25, 0.3) is 0 Å². The number of hydrogen-bond acceptors (Lipinski definition) is 3. The molecule has 1 saturated heterocycles. The molecule has 0 spiro atoms. The van der Waals surface area contributed by atoms with Gasteiger partial charge in [-0.05, 0) is 31.0 Å². The maximum atomic E-state index is 13.7. The molecule has 5 nitrogen and oxygen atoms in total. The van der Waals surface area contributed by atoms with E-state index in [0.29, 0.717) is 57.5 Å². The fourth-order valence-corrected chi connectivity index (χ4v) is 2.74. The zero-order chi connectivity index (χ0) is 16.9. The first-order valence-electron chi connectivity index (χ1n) is 8.42. The molecule has 0 unspecified atom stereocenters. The van der Waals surface area contributed by atoms with Crippen LogP contribution in [0.25, 0.3) is 0 Å². The maximum absolute atomic E-state index is 13.7. The number of hydrogen-bond donors (Lipinski definition) is 1. The van der Waals surface area contributed by atoms with Crippen LogP contribution in [0.4, 0.5) is 13.6 Å². The van der Waals surface area contributed by atoms with Crippen molar-refractivity contribution in [1.82, 2.24) is 15.1 Å². The Bertz CT molecular complexity index is 573. The second-order valence-electron chi connectivity index (χ2n) is 6.30. The minimum atomic E-state index is -0.433. The van der Waals surface area contributed by atoms with Gasteiger partial charge in [0.05, 0.1) is 12.7 Å². The Morgan fingerprint density at radius 2 is 1.96 bits per heavy atom. The van der Waals surface area contributed by atoms with E-state index in [2.05, 4.69) is 5.32 Å². The molecule has 24 heavy (non-hydrogen) atoms. The van der Waals surface area contributed by atoms with E-state index in [9.17, 15) is 13.6 Å². The van der Waals surface area contributed by atoms with E-state index in [1.807, 2.05) is 4.90 Å². The molecule has 1 aliphatic carbocycles. The lowest BCUT2D eigenvalue weighted by Gasteiger charge is -2.34. The number of amides is 2. The normalized spacial score (nSPS) is 18.7. The number of halogens is 2. The Hall–Kier alpha value is -1.73. The van der Waals surface area contributed by atoms with Crippen molar-refractivity contribution in [3.05, 3.63) is 35.4 Å². The van der Waals surface area contributed by atoms with E-state index >= 15 is 0 Å². The Morgan fingerprint density at radius 1 is 1.21 bits per heavy atom. The quantitative estimate of drug-likeness (QED) is 0.806. The van der Waals surface area contributed by atoms with E-state index in [0.717, 1.165) is 25.0 Å². The third-order valence-corrected chi connectivity index (χ3v) is 4.32. The average Bonchev–Trinajstić information content (AvgIpc) is 3.40. The summed E-state index contributed by atoms with van der Waals surface area (Å²) in [4.78, 5) is 15.8. The number of nitrogens with zero attached hydrogens (tertiary/aromatic N) is 2. The van der Waals surface area contributed by atoms with Gasteiger partial charge in [-0.3, -0.25) is 4.90 Å². The summed E-state index contributed by atoms with van der Waals surface area (Å²) in [7, 11) is 0. The van der Waals surface area contributed by atoms with E-state index in [1.54, 1.807) is 4.90 Å². The molecule has 2 aliphatic rings. The van der Waals surface area contributed by atoms with Crippen molar-refractivity contribution in [3.63, 3.8) is 0 Å². The Labute approximate surface area is 140 Å². The van der Waals surface area contributed by atoms with Crippen LogP contribution >= 0.6 is 0 Å². The number of urea groups is 1.